The highest BCUT2D eigenvalue weighted by Gasteiger charge is 2.20. The molecule has 10 nitrogen and oxygen atoms in total. The number of nitrogen functional groups attached to an aromatic ring is 1. The minimum absolute atomic E-state index is 0.0351. The van der Waals surface area contributed by atoms with Crippen LogP contribution in [0.15, 0.2) is 48.9 Å². The molecular formula is C24H24N8O2. The van der Waals surface area contributed by atoms with E-state index in [-0.39, 0.29) is 11.9 Å². The van der Waals surface area contributed by atoms with Crippen LogP contribution in [0.3, 0.4) is 0 Å². The number of carbonyl (C=O) groups excluding carboxylic acids is 1. The van der Waals surface area contributed by atoms with E-state index in [1.54, 1.807) is 12.4 Å². The van der Waals surface area contributed by atoms with Gasteiger partial charge in [-0.3, -0.25) is 9.78 Å². The molecule has 172 valence electrons. The number of anilines is 3. The van der Waals surface area contributed by atoms with Crippen molar-refractivity contribution in [2.75, 3.05) is 42.3 Å². The molecule has 0 aliphatic carbocycles. The average molecular weight is 457 g/mol. The van der Waals surface area contributed by atoms with Crippen LogP contribution in [0.2, 0.25) is 0 Å². The molecule has 0 unspecified atom stereocenters. The first kappa shape index (κ1) is 21.7. The zero-order valence-corrected chi connectivity index (χ0v) is 18.7. The van der Waals surface area contributed by atoms with Gasteiger partial charge in [-0.2, -0.15) is 0 Å². The summed E-state index contributed by atoms with van der Waals surface area (Å²) < 4.78 is 5.52. The van der Waals surface area contributed by atoms with Crippen molar-refractivity contribution in [1.82, 2.24) is 24.9 Å². The Balaban J connectivity index is 1.61. The largest absolute Gasteiger partial charge is 0.378 e. The molecule has 4 aromatic rings. The number of hydrogen-bond donors (Lipinski definition) is 2. The first-order chi connectivity index (χ1) is 16.6. The lowest BCUT2D eigenvalue weighted by Crippen LogP contribution is -2.37. The van der Waals surface area contributed by atoms with Crippen LogP contribution >= 0.6 is 0 Å². The normalized spacial score (nSPS) is 13.7. The molecule has 1 fully saturated rings. The third-order valence-corrected chi connectivity index (χ3v) is 5.56. The van der Waals surface area contributed by atoms with Crippen LogP contribution in [0.25, 0.3) is 33.5 Å². The second kappa shape index (κ2) is 9.36. The third-order valence-electron chi connectivity index (χ3n) is 5.56. The number of fused-ring (bicyclic) bond motifs is 1. The minimum atomic E-state index is -0.0351. The number of benzene rings is 1. The molecule has 10 heteroatoms. The molecule has 1 aliphatic heterocycles. The Hall–Kier alpha value is -4.18. The summed E-state index contributed by atoms with van der Waals surface area (Å²) in [6, 6.07) is 9.65. The van der Waals surface area contributed by atoms with Gasteiger partial charge >= 0.3 is 0 Å². The fourth-order valence-corrected chi connectivity index (χ4v) is 3.76. The summed E-state index contributed by atoms with van der Waals surface area (Å²) >= 11 is 0. The Morgan fingerprint density at radius 3 is 2.56 bits per heavy atom. The van der Waals surface area contributed by atoms with E-state index in [4.69, 9.17) is 25.4 Å². The third kappa shape index (κ3) is 4.48. The minimum Gasteiger partial charge on any atom is -0.378 e. The highest BCUT2D eigenvalue weighted by molar-refractivity contribution is 5.92. The Morgan fingerprint density at radius 2 is 1.79 bits per heavy atom. The number of ether oxygens (including phenoxy) is 1. The Morgan fingerprint density at radius 1 is 1.03 bits per heavy atom. The van der Waals surface area contributed by atoms with E-state index in [1.165, 1.54) is 0 Å². The van der Waals surface area contributed by atoms with Gasteiger partial charge in [0, 0.05) is 49.4 Å². The predicted molar refractivity (Wildman–Crippen MR) is 130 cm³/mol. The topological polar surface area (TPSA) is 132 Å². The van der Waals surface area contributed by atoms with Gasteiger partial charge in [0.2, 0.25) is 11.9 Å². The first-order valence-corrected chi connectivity index (χ1v) is 11.1. The highest BCUT2D eigenvalue weighted by atomic mass is 16.5. The summed E-state index contributed by atoms with van der Waals surface area (Å²) in [7, 11) is 0. The van der Waals surface area contributed by atoms with Crippen LogP contribution in [-0.4, -0.2) is 57.1 Å². The standard InChI is InChI=1S/C24H24N8O2/c1-2-20(33)29-18-5-3-4-15(10-18)16-11-19-21(26-12-16)23(32-6-8-34-9-7-32)31-22(30-19)17-13-27-24(25)28-14-17/h3-5,10-14H,2,6-9H2,1H3,(H,29,33)(H2,25,27,28). The number of morpholine rings is 1. The number of carbonyl (C=O) groups is 1. The predicted octanol–water partition coefficient (Wildman–Crippen LogP) is 2.92. The number of hydrogen-bond acceptors (Lipinski definition) is 9. The Bertz CT molecular complexity index is 1340. The summed E-state index contributed by atoms with van der Waals surface area (Å²) in [6.07, 6.45) is 5.45. The van der Waals surface area contributed by atoms with Crippen LogP contribution in [0.5, 0.6) is 0 Å². The van der Waals surface area contributed by atoms with E-state index in [1.807, 2.05) is 43.5 Å². The van der Waals surface area contributed by atoms with Crippen molar-refractivity contribution in [2.45, 2.75) is 13.3 Å². The highest BCUT2D eigenvalue weighted by Crippen LogP contribution is 2.30. The number of nitrogens with zero attached hydrogens (tertiary/aromatic N) is 6. The van der Waals surface area contributed by atoms with E-state index < -0.39 is 0 Å². The zero-order valence-electron chi connectivity index (χ0n) is 18.7. The van der Waals surface area contributed by atoms with Crippen molar-refractivity contribution >= 4 is 34.4 Å². The van der Waals surface area contributed by atoms with Crippen molar-refractivity contribution < 1.29 is 9.53 Å². The van der Waals surface area contributed by atoms with Gasteiger partial charge in [0.15, 0.2) is 11.6 Å². The van der Waals surface area contributed by atoms with Crippen LogP contribution in [0.4, 0.5) is 17.5 Å². The smallest absolute Gasteiger partial charge is 0.224 e. The summed E-state index contributed by atoms with van der Waals surface area (Å²) in [5, 5.41) is 2.90. The molecule has 0 spiro atoms. The van der Waals surface area contributed by atoms with Crippen molar-refractivity contribution in [2.24, 2.45) is 0 Å². The van der Waals surface area contributed by atoms with Gasteiger partial charge in [0.1, 0.15) is 5.52 Å². The SMILES string of the molecule is CCC(=O)Nc1cccc(-c2cnc3c(N4CCOCC4)nc(-c4cnc(N)nc4)nc3c2)c1. The Kier molecular flexibility index (Phi) is 5.96. The molecular weight excluding hydrogens is 432 g/mol. The quantitative estimate of drug-likeness (QED) is 0.465. The van der Waals surface area contributed by atoms with E-state index in [9.17, 15) is 4.79 Å². The van der Waals surface area contributed by atoms with Crippen LogP contribution in [-0.2, 0) is 9.53 Å². The maximum atomic E-state index is 11.8. The van der Waals surface area contributed by atoms with Gasteiger partial charge in [-0.05, 0) is 23.8 Å². The lowest BCUT2D eigenvalue weighted by atomic mass is 10.1. The molecule has 1 aliphatic rings. The van der Waals surface area contributed by atoms with Crippen LogP contribution < -0.4 is 16.0 Å². The van der Waals surface area contributed by atoms with Crippen molar-refractivity contribution in [3.8, 4) is 22.5 Å². The molecule has 5 rings (SSSR count). The monoisotopic (exact) mass is 456 g/mol. The Labute approximate surface area is 196 Å². The molecule has 3 N–H and O–H groups in total. The maximum absolute atomic E-state index is 11.8. The summed E-state index contributed by atoms with van der Waals surface area (Å²) in [5.74, 6) is 1.40. The summed E-state index contributed by atoms with van der Waals surface area (Å²) in [5.41, 5.74) is 10.3. The molecule has 1 saturated heterocycles. The molecule has 0 saturated carbocycles. The van der Waals surface area contributed by atoms with E-state index in [0.29, 0.717) is 55.1 Å². The summed E-state index contributed by atoms with van der Waals surface area (Å²) in [6.45, 7) is 4.50. The van der Waals surface area contributed by atoms with E-state index in [2.05, 4.69) is 20.2 Å². The number of aromatic nitrogens is 5. The van der Waals surface area contributed by atoms with Gasteiger partial charge in [-0.15, -0.1) is 0 Å². The fraction of sp³-hybridized carbons (Fsp3) is 0.250. The van der Waals surface area contributed by atoms with Gasteiger partial charge < -0.3 is 20.7 Å². The molecule has 1 aromatic carbocycles. The first-order valence-electron chi connectivity index (χ1n) is 11.1. The second-order valence-corrected chi connectivity index (χ2v) is 7.87. The van der Waals surface area contributed by atoms with Crippen molar-refractivity contribution in [3.63, 3.8) is 0 Å². The number of nitrogens with two attached hydrogens (primary N) is 1. The molecule has 0 atom stereocenters. The molecule has 1 amide bonds. The molecule has 4 heterocycles. The molecule has 34 heavy (non-hydrogen) atoms. The van der Waals surface area contributed by atoms with Crippen LogP contribution in [0.1, 0.15) is 13.3 Å². The second-order valence-electron chi connectivity index (χ2n) is 7.87. The van der Waals surface area contributed by atoms with Gasteiger partial charge in [0.25, 0.3) is 0 Å². The van der Waals surface area contributed by atoms with Gasteiger partial charge in [0.05, 0.1) is 24.3 Å². The van der Waals surface area contributed by atoms with Gasteiger partial charge in [-0.1, -0.05) is 19.1 Å². The van der Waals surface area contributed by atoms with Crippen LogP contribution in [0, 0.1) is 0 Å². The lowest BCUT2D eigenvalue weighted by molar-refractivity contribution is -0.115. The zero-order chi connectivity index (χ0) is 23.5. The van der Waals surface area contributed by atoms with E-state index >= 15 is 0 Å². The number of pyridine rings is 1. The number of nitrogens with one attached hydrogen (secondary N) is 1. The van der Waals surface area contributed by atoms with Crippen molar-refractivity contribution in [3.05, 3.63) is 48.9 Å². The maximum Gasteiger partial charge on any atom is 0.224 e. The number of amides is 1. The summed E-state index contributed by atoms with van der Waals surface area (Å²) in [4.78, 5) is 36.5. The lowest BCUT2D eigenvalue weighted by Gasteiger charge is -2.28. The molecule has 0 radical (unpaired) electrons. The number of rotatable bonds is 5. The molecule has 3 aromatic heterocycles. The average Bonchev–Trinajstić information content (AvgIpc) is 2.88. The van der Waals surface area contributed by atoms with E-state index in [0.717, 1.165) is 22.6 Å². The fourth-order valence-electron chi connectivity index (χ4n) is 3.76. The molecule has 0 bridgehead atoms. The van der Waals surface area contributed by atoms with Gasteiger partial charge in [-0.25, -0.2) is 19.9 Å². The van der Waals surface area contributed by atoms with Crippen molar-refractivity contribution in [1.29, 1.82) is 0 Å².